The lowest BCUT2D eigenvalue weighted by atomic mass is 10.0. The minimum absolute atomic E-state index is 0.0435. The van der Waals surface area contributed by atoms with Crippen molar-refractivity contribution in [3.8, 4) is 0 Å². The van der Waals surface area contributed by atoms with E-state index in [2.05, 4.69) is 22.6 Å². The quantitative estimate of drug-likeness (QED) is 0.627. The molecule has 1 rings (SSSR count). The first-order valence-corrected chi connectivity index (χ1v) is 6.52. The number of nitrogens with zero attached hydrogens (tertiary/aromatic N) is 1. The van der Waals surface area contributed by atoms with Crippen LogP contribution >= 0.6 is 0 Å². The highest BCUT2D eigenvalue weighted by atomic mass is 16.5. The Morgan fingerprint density at radius 3 is 2.74 bits per heavy atom. The van der Waals surface area contributed by atoms with Gasteiger partial charge in [-0.1, -0.05) is 6.42 Å². The molecule has 19 heavy (non-hydrogen) atoms. The van der Waals surface area contributed by atoms with Crippen LogP contribution in [0.1, 0.15) is 19.3 Å². The SMILES string of the molecule is COC(CNC(=O)NCC1CCCCN1C)C(=O)O. The van der Waals surface area contributed by atoms with Gasteiger partial charge in [0, 0.05) is 19.7 Å². The molecular weight excluding hydrogens is 250 g/mol. The van der Waals surface area contributed by atoms with E-state index < -0.39 is 12.1 Å². The Bertz CT molecular complexity index is 311. The van der Waals surface area contributed by atoms with Gasteiger partial charge in [-0.05, 0) is 26.4 Å². The van der Waals surface area contributed by atoms with Gasteiger partial charge >= 0.3 is 12.0 Å². The van der Waals surface area contributed by atoms with Gasteiger partial charge in [0.25, 0.3) is 0 Å². The zero-order valence-electron chi connectivity index (χ0n) is 11.5. The van der Waals surface area contributed by atoms with Crippen molar-refractivity contribution in [3.05, 3.63) is 0 Å². The fraction of sp³-hybridized carbons (Fsp3) is 0.833. The standard InChI is InChI=1S/C12H23N3O4/c1-15-6-4-3-5-9(15)7-13-12(18)14-8-10(19-2)11(16)17/h9-10H,3-8H2,1-2H3,(H,16,17)(H2,13,14,18). The lowest BCUT2D eigenvalue weighted by Gasteiger charge is -2.32. The fourth-order valence-electron chi connectivity index (χ4n) is 2.13. The minimum Gasteiger partial charge on any atom is -0.479 e. The molecule has 1 fully saturated rings. The van der Waals surface area contributed by atoms with Crippen LogP contribution in [0.2, 0.25) is 0 Å². The van der Waals surface area contributed by atoms with E-state index in [4.69, 9.17) is 9.84 Å². The van der Waals surface area contributed by atoms with E-state index in [-0.39, 0.29) is 12.6 Å². The van der Waals surface area contributed by atoms with Crippen LogP contribution < -0.4 is 10.6 Å². The average molecular weight is 273 g/mol. The molecule has 1 saturated heterocycles. The molecule has 1 aliphatic heterocycles. The molecule has 2 atom stereocenters. The van der Waals surface area contributed by atoms with Crippen molar-refractivity contribution in [2.75, 3.05) is 33.8 Å². The summed E-state index contributed by atoms with van der Waals surface area (Å²) in [5.74, 6) is -1.09. The van der Waals surface area contributed by atoms with Gasteiger partial charge in [-0.25, -0.2) is 9.59 Å². The van der Waals surface area contributed by atoms with E-state index in [0.717, 1.165) is 13.0 Å². The van der Waals surface area contributed by atoms with Crippen molar-refractivity contribution >= 4 is 12.0 Å². The third kappa shape index (κ3) is 5.44. The van der Waals surface area contributed by atoms with E-state index >= 15 is 0 Å². The van der Waals surface area contributed by atoms with Crippen molar-refractivity contribution in [3.63, 3.8) is 0 Å². The van der Waals surface area contributed by atoms with E-state index in [0.29, 0.717) is 12.6 Å². The normalized spacial score (nSPS) is 21.7. The van der Waals surface area contributed by atoms with Crippen molar-refractivity contribution < 1.29 is 19.4 Å². The number of likely N-dealkylation sites (N-methyl/N-ethyl adjacent to an activating group) is 1. The average Bonchev–Trinajstić information content (AvgIpc) is 2.38. The van der Waals surface area contributed by atoms with Crippen LogP contribution in [-0.4, -0.2) is 67.9 Å². The second kappa shape index (κ2) is 7.96. The van der Waals surface area contributed by atoms with E-state index in [9.17, 15) is 9.59 Å². The number of methoxy groups -OCH3 is 1. The number of piperidine rings is 1. The molecule has 0 spiro atoms. The smallest absolute Gasteiger partial charge is 0.334 e. The molecule has 2 unspecified atom stereocenters. The Labute approximate surface area is 113 Å². The lowest BCUT2D eigenvalue weighted by Crippen LogP contribution is -2.48. The van der Waals surface area contributed by atoms with Crippen LogP contribution in [0.5, 0.6) is 0 Å². The Morgan fingerprint density at radius 2 is 2.16 bits per heavy atom. The van der Waals surface area contributed by atoms with E-state index in [1.54, 1.807) is 0 Å². The van der Waals surface area contributed by atoms with Crippen LogP contribution in [0.4, 0.5) is 4.79 Å². The van der Waals surface area contributed by atoms with Crippen molar-refractivity contribution in [1.29, 1.82) is 0 Å². The summed E-state index contributed by atoms with van der Waals surface area (Å²) >= 11 is 0. The van der Waals surface area contributed by atoms with Gasteiger partial charge in [0.05, 0.1) is 6.54 Å². The van der Waals surface area contributed by atoms with Gasteiger partial charge in [0.15, 0.2) is 6.10 Å². The predicted molar refractivity (Wildman–Crippen MR) is 70.1 cm³/mol. The lowest BCUT2D eigenvalue weighted by molar-refractivity contribution is -0.147. The van der Waals surface area contributed by atoms with Gasteiger partial charge in [0.2, 0.25) is 0 Å². The molecule has 0 saturated carbocycles. The van der Waals surface area contributed by atoms with E-state index in [1.165, 1.54) is 20.0 Å². The Morgan fingerprint density at radius 1 is 1.42 bits per heavy atom. The summed E-state index contributed by atoms with van der Waals surface area (Å²) in [6, 6.07) is -0.000491. The second-order valence-electron chi connectivity index (χ2n) is 4.78. The molecular formula is C12H23N3O4. The molecule has 2 amide bonds. The Balaban J connectivity index is 2.22. The van der Waals surface area contributed by atoms with Crippen LogP contribution in [-0.2, 0) is 9.53 Å². The molecule has 3 N–H and O–H groups in total. The summed E-state index contributed by atoms with van der Waals surface area (Å²) in [4.78, 5) is 24.5. The number of hydrogen-bond acceptors (Lipinski definition) is 4. The number of carboxylic acid groups (broad SMARTS) is 1. The maximum atomic E-state index is 11.5. The summed E-state index contributed by atoms with van der Waals surface area (Å²) in [7, 11) is 3.35. The third-order valence-corrected chi connectivity index (χ3v) is 3.43. The molecule has 1 heterocycles. The summed E-state index contributed by atoms with van der Waals surface area (Å²) in [6.07, 6.45) is 2.45. The van der Waals surface area contributed by atoms with Crippen molar-refractivity contribution in [2.45, 2.75) is 31.4 Å². The molecule has 7 heteroatoms. The monoisotopic (exact) mass is 273 g/mol. The number of rotatable bonds is 6. The third-order valence-electron chi connectivity index (χ3n) is 3.43. The Kier molecular flexibility index (Phi) is 6.58. The molecule has 0 radical (unpaired) electrons. The largest absolute Gasteiger partial charge is 0.479 e. The number of hydrogen-bond donors (Lipinski definition) is 3. The molecule has 110 valence electrons. The summed E-state index contributed by atoms with van der Waals surface area (Å²) in [5.41, 5.74) is 0. The van der Waals surface area contributed by atoms with Gasteiger partial charge in [-0.3, -0.25) is 0 Å². The first-order valence-electron chi connectivity index (χ1n) is 6.52. The first kappa shape index (κ1) is 15.7. The molecule has 0 aliphatic carbocycles. The zero-order chi connectivity index (χ0) is 14.3. The minimum atomic E-state index is -1.09. The van der Waals surface area contributed by atoms with Gasteiger partial charge in [0.1, 0.15) is 0 Å². The molecule has 7 nitrogen and oxygen atoms in total. The van der Waals surface area contributed by atoms with Crippen molar-refractivity contribution in [1.82, 2.24) is 15.5 Å². The van der Waals surface area contributed by atoms with Crippen LogP contribution in [0.15, 0.2) is 0 Å². The maximum Gasteiger partial charge on any atom is 0.334 e. The number of ether oxygens (including phenoxy) is 1. The summed E-state index contributed by atoms with van der Waals surface area (Å²) < 4.78 is 4.72. The van der Waals surface area contributed by atoms with Gasteiger partial charge < -0.3 is 25.4 Å². The van der Waals surface area contributed by atoms with Crippen LogP contribution in [0, 0.1) is 0 Å². The number of aliphatic carboxylic acids is 1. The number of carbonyl (C=O) groups is 2. The number of likely N-dealkylation sites (tertiary alicyclic amines) is 1. The molecule has 0 aromatic rings. The molecule has 0 aromatic carbocycles. The predicted octanol–water partition coefficient (Wildman–Crippen LogP) is -0.130. The van der Waals surface area contributed by atoms with Crippen molar-refractivity contribution in [2.24, 2.45) is 0 Å². The highest BCUT2D eigenvalue weighted by Crippen LogP contribution is 2.13. The van der Waals surface area contributed by atoms with Gasteiger partial charge in [-0.2, -0.15) is 0 Å². The topological polar surface area (TPSA) is 90.9 Å². The number of urea groups is 1. The number of carbonyl (C=O) groups excluding carboxylic acids is 1. The van der Waals surface area contributed by atoms with E-state index in [1.807, 2.05) is 0 Å². The highest BCUT2D eigenvalue weighted by molar-refractivity contribution is 5.76. The number of amides is 2. The molecule has 1 aliphatic rings. The highest BCUT2D eigenvalue weighted by Gasteiger charge is 2.20. The summed E-state index contributed by atoms with van der Waals surface area (Å²) in [5, 5.41) is 14.0. The summed E-state index contributed by atoms with van der Waals surface area (Å²) in [6.45, 7) is 1.59. The fourth-order valence-corrected chi connectivity index (χ4v) is 2.13. The number of carboxylic acids is 1. The second-order valence-corrected chi connectivity index (χ2v) is 4.78. The zero-order valence-corrected chi connectivity index (χ0v) is 11.5. The van der Waals surface area contributed by atoms with Crippen LogP contribution in [0.25, 0.3) is 0 Å². The molecule has 0 aromatic heterocycles. The van der Waals surface area contributed by atoms with Gasteiger partial charge in [-0.15, -0.1) is 0 Å². The number of nitrogens with one attached hydrogen (secondary N) is 2. The maximum absolute atomic E-state index is 11.5. The Hall–Kier alpha value is -1.34. The molecule has 0 bridgehead atoms. The van der Waals surface area contributed by atoms with Crippen LogP contribution in [0.3, 0.4) is 0 Å². The first-order chi connectivity index (χ1) is 9.04.